The topological polar surface area (TPSA) is 97.4 Å². The van der Waals surface area contributed by atoms with Crippen LogP contribution < -0.4 is 43.8 Å². The Bertz CT molecular complexity index is 4350. The molecule has 0 bridgehead atoms. The molecule has 0 amide bonds. The molecule has 0 spiro atoms. The van der Waals surface area contributed by atoms with Crippen LogP contribution in [-0.4, -0.2) is 0 Å². The summed E-state index contributed by atoms with van der Waals surface area (Å²) in [6.45, 7) is 65.1. The minimum absolute atomic E-state index is 0.134. The van der Waals surface area contributed by atoms with Crippen molar-refractivity contribution in [1.29, 1.82) is 0 Å². The fourth-order valence-corrected chi connectivity index (χ4v) is 18.1. The lowest BCUT2D eigenvalue weighted by molar-refractivity contribution is 0.385. The summed E-state index contributed by atoms with van der Waals surface area (Å²) in [6.07, 6.45) is 0. The summed E-state index contributed by atoms with van der Waals surface area (Å²) in [5.74, 6) is 2.54. The van der Waals surface area contributed by atoms with Gasteiger partial charge in [-0.1, -0.05) is 317 Å². The van der Waals surface area contributed by atoms with E-state index in [4.69, 9.17) is 22.6 Å². The van der Waals surface area contributed by atoms with Crippen LogP contribution in [0.25, 0.3) is 22.3 Å². The Hall–Kier alpha value is -7.33. The Morgan fingerprint density at radius 2 is 0.352 bits per heavy atom. The molecule has 11 heteroatoms. The van der Waals surface area contributed by atoms with E-state index in [1.165, 1.54) is 0 Å². The highest BCUT2D eigenvalue weighted by Crippen LogP contribution is 2.56. The first kappa shape index (κ1) is 81.7. The van der Waals surface area contributed by atoms with Gasteiger partial charge in [-0.3, -0.25) is 4.57 Å². The van der Waals surface area contributed by atoms with Crippen molar-refractivity contribution in [2.24, 2.45) is 0 Å². The van der Waals surface area contributed by atoms with E-state index in [1.54, 1.807) is 0 Å². The Balaban J connectivity index is 1.12. The Kier molecular flexibility index (Phi) is 22.3. The molecule has 0 aliphatic carbocycles. The van der Waals surface area contributed by atoms with Crippen LogP contribution in [-0.2, 0) is 67.8 Å². The van der Waals surface area contributed by atoms with Gasteiger partial charge in [0, 0.05) is 27.8 Å². The number of rotatable bonds is 16. The Labute approximate surface area is 632 Å². The lowest BCUT2D eigenvalue weighted by atomic mass is 9.80. The molecule has 0 aliphatic rings. The van der Waals surface area contributed by atoms with Gasteiger partial charge in [0.25, 0.3) is 0 Å². The molecule has 0 atom stereocenters. The van der Waals surface area contributed by atoms with Crippen LogP contribution in [0.3, 0.4) is 0 Å². The minimum Gasteiger partial charge on any atom is -0.437 e. The molecule has 560 valence electrons. The highest BCUT2D eigenvalue weighted by atomic mass is 31.2. The molecule has 0 saturated heterocycles. The predicted octanol–water partition coefficient (Wildman–Crippen LogP) is 26.3. The lowest BCUT2D eigenvalue weighted by Gasteiger charge is -2.31. The van der Waals surface area contributed by atoms with Gasteiger partial charge >= 0.3 is 22.6 Å². The monoisotopic (exact) mass is 1470 g/mol. The van der Waals surface area contributed by atoms with Crippen molar-refractivity contribution < 1.29 is 36.3 Å². The van der Waals surface area contributed by atoms with E-state index < -0.39 is 22.6 Å². The van der Waals surface area contributed by atoms with E-state index in [2.05, 4.69) is 268 Å². The maximum absolute atomic E-state index is 16.6. The van der Waals surface area contributed by atoms with Gasteiger partial charge in [0.15, 0.2) is 0 Å². The second kappa shape index (κ2) is 28.7. The molecule has 105 heavy (non-hydrogen) atoms. The maximum Gasteiger partial charge on any atom is 0.462 e. The summed E-state index contributed by atoms with van der Waals surface area (Å²) in [7, 11) is -12.4. The first-order valence-corrected chi connectivity index (χ1v) is 42.1. The largest absolute Gasteiger partial charge is 0.462 e. The number of hydrogen-bond acceptors (Lipinski definition) is 8. The molecule has 9 aromatic rings. The van der Waals surface area contributed by atoms with Gasteiger partial charge in [0.2, 0.25) is 0 Å². The third-order valence-electron chi connectivity index (χ3n) is 19.8. The molecule has 0 radical (unpaired) electrons. The molecular formula is C94H121O8P3. The average molecular weight is 1470 g/mol. The van der Waals surface area contributed by atoms with E-state index in [9.17, 15) is 0 Å². The first-order chi connectivity index (χ1) is 47.9. The van der Waals surface area contributed by atoms with Crippen LogP contribution >= 0.6 is 22.6 Å². The van der Waals surface area contributed by atoms with Crippen LogP contribution in [0.5, 0.6) is 28.7 Å². The minimum atomic E-state index is -4.21. The van der Waals surface area contributed by atoms with Crippen LogP contribution in [0.15, 0.2) is 188 Å². The van der Waals surface area contributed by atoms with Crippen molar-refractivity contribution in [3.05, 3.63) is 244 Å². The summed E-state index contributed by atoms with van der Waals surface area (Å²) in [5.41, 5.74) is 11.3. The van der Waals surface area contributed by atoms with Crippen LogP contribution in [0, 0.1) is 0 Å². The van der Waals surface area contributed by atoms with Crippen LogP contribution in [0.2, 0.25) is 0 Å². The van der Waals surface area contributed by atoms with Crippen LogP contribution in [0.1, 0.15) is 263 Å². The maximum atomic E-state index is 16.6. The molecule has 9 rings (SSSR count). The van der Waals surface area contributed by atoms with Gasteiger partial charge in [-0.15, -0.1) is 0 Å². The molecule has 0 N–H and O–H groups in total. The standard InChI is InChI=1S/C94H121O8P3/c1-85(2,3)66-39-52-80(75(57-66)90(16,17)18)98-103(95,71-44-31-62(32-45-71)64-35-48-73(49-36-64)104(96,99-81-53-40-67(86(4,5)6)58-76(81)91(19,20)21)100-82-54-41-68(87(7,8)9)59-77(82)92(22,23)24)72-46-33-63(34-47-72)65-37-50-74(51-38-65)105(97,101-83-55-42-69(88(10,11)12)60-78(83)93(25,26)27)102-84-56-43-70(89(13,14)15)61-79(84)94(28,29)30/h31-61H,1-30H3. The van der Waals surface area contributed by atoms with Crippen molar-refractivity contribution in [2.75, 3.05) is 0 Å². The van der Waals surface area contributed by atoms with Crippen molar-refractivity contribution >= 4 is 43.8 Å². The number of benzene rings is 9. The SMILES string of the molecule is CC(C)(C)c1ccc(OP(=O)(Oc2ccc(C(C)(C)C)cc2C(C)(C)C)c2ccc(-c3ccc(P(=O)(Oc4ccc(C(C)(C)C)cc4C(C)(C)C)c4ccc(-c5ccc(P(=O)(Oc6ccc(C(C)(C)C)cc6C(C)(C)C)Oc6ccc(C(C)(C)C)cc6C(C)(C)C)cc5)cc4)cc3)cc2)c(C(C)(C)C)c1. The number of hydrogen-bond donors (Lipinski definition) is 0. The van der Waals surface area contributed by atoms with Gasteiger partial charge in [0.1, 0.15) is 28.7 Å². The van der Waals surface area contributed by atoms with Gasteiger partial charge in [0.05, 0.1) is 21.2 Å². The third kappa shape index (κ3) is 18.8. The van der Waals surface area contributed by atoms with Crippen molar-refractivity contribution in [3.63, 3.8) is 0 Å². The van der Waals surface area contributed by atoms with Gasteiger partial charge in [-0.25, -0.2) is 9.13 Å². The molecule has 0 unspecified atom stereocenters. The summed E-state index contributed by atoms with van der Waals surface area (Å²) in [6, 6.07) is 61.6. The zero-order valence-electron chi connectivity index (χ0n) is 69.0. The normalized spacial score (nSPS) is 13.5. The first-order valence-electron chi connectivity index (χ1n) is 37.4. The summed E-state index contributed by atoms with van der Waals surface area (Å²) < 4.78 is 83.9. The Morgan fingerprint density at radius 3 is 0.514 bits per heavy atom. The fourth-order valence-electron chi connectivity index (χ4n) is 12.8. The third-order valence-corrected chi connectivity index (χ3v) is 25.8. The van der Waals surface area contributed by atoms with E-state index >= 15 is 13.7 Å². The lowest BCUT2D eigenvalue weighted by Crippen LogP contribution is -2.23. The highest BCUT2D eigenvalue weighted by molar-refractivity contribution is 7.74. The molecule has 9 aromatic carbocycles. The predicted molar refractivity (Wildman–Crippen MR) is 447 cm³/mol. The molecule has 0 aliphatic heterocycles. The molecular weight excluding hydrogens is 1350 g/mol. The average Bonchev–Trinajstić information content (AvgIpc) is 0.792. The van der Waals surface area contributed by atoms with Crippen molar-refractivity contribution in [1.82, 2.24) is 0 Å². The van der Waals surface area contributed by atoms with Gasteiger partial charge in [-0.05, 0) is 183 Å². The molecule has 8 nitrogen and oxygen atoms in total. The van der Waals surface area contributed by atoms with Crippen LogP contribution in [0.4, 0.5) is 0 Å². The fraction of sp³-hybridized carbons (Fsp3) is 0.426. The second-order valence-corrected chi connectivity index (χ2v) is 45.3. The Morgan fingerprint density at radius 1 is 0.190 bits per heavy atom. The smallest absolute Gasteiger partial charge is 0.437 e. The summed E-state index contributed by atoms with van der Waals surface area (Å²) in [5, 5.41) is 1.81. The quantitative estimate of drug-likeness (QED) is 0.0883. The second-order valence-electron chi connectivity index (χ2n) is 39.2. The zero-order chi connectivity index (χ0) is 78.2. The van der Waals surface area contributed by atoms with Gasteiger partial charge in [-0.2, -0.15) is 0 Å². The van der Waals surface area contributed by atoms with Crippen molar-refractivity contribution in [2.45, 2.75) is 262 Å². The van der Waals surface area contributed by atoms with E-state index in [1.807, 2.05) is 127 Å². The molecule has 0 fully saturated rings. The molecule has 0 saturated carbocycles. The molecule has 0 aromatic heterocycles. The van der Waals surface area contributed by atoms with Crippen molar-refractivity contribution in [3.8, 4) is 51.0 Å². The van der Waals surface area contributed by atoms with E-state index in [0.717, 1.165) is 77.9 Å². The van der Waals surface area contributed by atoms with Gasteiger partial charge < -0.3 is 22.6 Å². The summed E-state index contributed by atoms with van der Waals surface area (Å²) >= 11 is 0. The summed E-state index contributed by atoms with van der Waals surface area (Å²) in [4.78, 5) is 0. The van der Waals surface area contributed by atoms with E-state index in [-0.39, 0.29) is 54.1 Å². The van der Waals surface area contributed by atoms with E-state index in [0.29, 0.717) is 50.0 Å². The molecule has 0 heterocycles. The zero-order valence-corrected chi connectivity index (χ0v) is 71.7. The highest BCUT2D eigenvalue weighted by Gasteiger charge is 2.40.